The second kappa shape index (κ2) is 5.25. The van der Waals surface area contributed by atoms with E-state index < -0.39 is 0 Å². The topological polar surface area (TPSA) is 25.8 Å². The lowest BCUT2D eigenvalue weighted by atomic mass is 10.0. The lowest BCUT2D eigenvalue weighted by Crippen LogP contribution is -1.90. The largest absolute Gasteiger partial charge is 0.255 e. The third kappa shape index (κ3) is 2.59. The third-order valence-corrected chi connectivity index (χ3v) is 3.19. The fourth-order valence-electron chi connectivity index (χ4n) is 2.37. The van der Waals surface area contributed by atoms with E-state index in [9.17, 15) is 0 Å². The van der Waals surface area contributed by atoms with Crippen molar-refractivity contribution in [1.82, 2.24) is 9.97 Å². The van der Waals surface area contributed by atoms with Crippen LogP contribution in [0.3, 0.4) is 0 Å². The summed E-state index contributed by atoms with van der Waals surface area (Å²) < 4.78 is 0. The zero-order chi connectivity index (χ0) is 13.9. The molecule has 0 saturated heterocycles. The summed E-state index contributed by atoms with van der Waals surface area (Å²) in [5.74, 6) is 0. The summed E-state index contributed by atoms with van der Waals surface area (Å²) in [5, 5.41) is 0. The Morgan fingerprint density at radius 2 is 1.40 bits per heavy atom. The minimum absolute atomic E-state index is 0.902. The van der Waals surface area contributed by atoms with Crippen LogP contribution in [0.5, 0.6) is 0 Å². The first-order valence-electron chi connectivity index (χ1n) is 6.69. The molecule has 3 rings (SSSR count). The van der Waals surface area contributed by atoms with Gasteiger partial charge in [-0.25, -0.2) is 4.98 Å². The van der Waals surface area contributed by atoms with Crippen molar-refractivity contribution in [2.45, 2.75) is 13.8 Å². The molecule has 0 radical (unpaired) electrons. The Morgan fingerprint density at radius 1 is 0.700 bits per heavy atom. The number of nitrogens with zero attached hydrogens (tertiary/aromatic N) is 2. The Hall–Kier alpha value is -2.48. The van der Waals surface area contributed by atoms with Gasteiger partial charge in [0.15, 0.2) is 0 Å². The first-order valence-corrected chi connectivity index (χ1v) is 6.69. The number of rotatable bonds is 2. The molecule has 2 nitrogen and oxygen atoms in total. The van der Waals surface area contributed by atoms with Crippen molar-refractivity contribution in [3.8, 4) is 22.6 Å². The van der Waals surface area contributed by atoms with Gasteiger partial charge in [-0.1, -0.05) is 29.3 Å². The van der Waals surface area contributed by atoms with E-state index in [2.05, 4.69) is 37.0 Å². The highest BCUT2D eigenvalue weighted by atomic mass is 14.8. The number of benzene rings is 1. The molecule has 0 bridgehead atoms. The van der Waals surface area contributed by atoms with E-state index in [0.717, 1.165) is 22.6 Å². The monoisotopic (exact) mass is 260 g/mol. The highest BCUT2D eigenvalue weighted by molar-refractivity contribution is 5.65. The van der Waals surface area contributed by atoms with Gasteiger partial charge in [-0.2, -0.15) is 0 Å². The maximum absolute atomic E-state index is 4.73. The van der Waals surface area contributed by atoms with Gasteiger partial charge in [0.2, 0.25) is 0 Å². The predicted molar refractivity (Wildman–Crippen MR) is 82.4 cm³/mol. The molecule has 0 amide bonds. The van der Waals surface area contributed by atoms with Gasteiger partial charge >= 0.3 is 0 Å². The molecule has 0 fully saturated rings. The molecule has 3 aromatic rings. The van der Waals surface area contributed by atoms with Gasteiger partial charge in [0.1, 0.15) is 0 Å². The number of hydrogen-bond acceptors (Lipinski definition) is 2. The van der Waals surface area contributed by atoms with Crippen LogP contribution in [0.1, 0.15) is 11.1 Å². The first-order chi connectivity index (χ1) is 9.72. The molecular weight excluding hydrogens is 244 g/mol. The SMILES string of the molecule is Cc1cc(C)cc(-c2cccc(-c3ccccn3)n2)c1. The molecule has 1 aromatic carbocycles. The van der Waals surface area contributed by atoms with Crippen molar-refractivity contribution in [1.29, 1.82) is 0 Å². The van der Waals surface area contributed by atoms with E-state index in [1.165, 1.54) is 11.1 Å². The van der Waals surface area contributed by atoms with E-state index in [1.54, 1.807) is 6.20 Å². The van der Waals surface area contributed by atoms with Gasteiger partial charge in [0.05, 0.1) is 17.1 Å². The van der Waals surface area contributed by atoms with Crippen LogP contribution in [0.2, 0.25) is 0 Å². The maximum Gasteiger partial charge on any atom is 0.0893 e. The quantitative estimate of drug-likeness (QED) is 0.681. The van der Waals surface area contributed by atoms with Gasteiger partial charge in [0, 0.05) is 11.8 Å². The van der Waals surface area contributed by atoms with E-state index in [0.29, 0.717) is 0 Å². The molecule has 2 aromatic heterocycles. The van der Waals surface area contributed by atoms with E-state index in [4.69, 9.17) is 4.98 Å². The van der Waals surface area contributed by atoms with E-state index in [1.807, 2.05) is 36.4 Å². The van der Waals surface area contributed by atoms with Crippen molar-refractivity contribution in [3.05, 3.63) is 71.9 Å². The molecule has 0 atom stereocenters. The second-order valence-electron chi connectivity index (χ2n) is 5.00. The Kier molecular flexibility index (Phi) is 3.30. The molecule has 0 aliphatic heterocycles. The molecule has 98 valence electrons. The summed E-state index contributed by atoms with van der Waals surface area (Å²) in [4.78, 5) is 9.09. The summed E-state index contributed by atoms with van der Waals surface area (Å²) in [6, 6.07) is 18.4. The molecule has 0 saturated carbocycles. The average Bonchev–Trinajstić information content (AvgIpc) is 2.47. The van der Waals surface area contributed by atoms with E-state index >= 15 is 0 Å². The summed E-state index contributed by atoms with van der Waals surface area (Å²) in [7, 11) is 0. The van der Waals surface area contributed by atoms with Crippen molar-refractivity contribution >= 4 is 0 Å². The van der Waals surface area contributed by atoms with Crippen LogP contribution >= 0.6 is 0 Å². The lowest BCUT2D eigenvalue weighted by molar-refractivity contribution is 1.24. The fraction of sp³-hybridized carbons (Fsp3) is 0.111. The lowest BCUT2D eigenvalue weighted by Gasteiger charge is -2.06. The smallest absolute Gasteiger partial charge is 0.0893 e. The number of aromatic nitrogens is 2. The Bertz CT molecular complexity index is 713. The van der Waals surface area contributed by atoms with Crippen LogP contribution in [-0.2, 0) is 0 Å². The Labute approximate surface area is 119 Å². The van der Waals surface area contributed by atoms with Crippen LogP contribution < -0.4 is 0 Å². The van der Waals surface area contributed by atoms with Crippen molar-refractivity contribution in [2.24, 2.45) is 0 Å². The standard InChI is InChI=1S/C18H16N2/c1-13-10-14(2)12-15(11-13)16-7-5-8-18(20-16)17-6-3-4-9-19-17/h3-12H,1-2H3. The minimum Gasteiger partial charge on any atom is -0.255 e. The molecule has 2 heterocycles. The number of aryl methyl sites for hydroxylation is 2. The summed E-state index contributed by atoms with van der Waals surface area (Å²) in [6.07, 6.45) is 1.79. The minimum atomic E-state index is 0.902. The molecule has 2 heteroatoms. The van der Waals surface area contributed by atoms with Crippen LogP contribution in [0.15, 0.2) is 60.8 Å². The summed E-state index contributed by atoms with van der Waals surface area (Å²) in [5.41, 5.74) is 6.45. The Morgan fingerprint density at radius 3 is 2.10 bits per heavy atom. The number of hydrogen-bond donors (Lipinski definition) is 0. The highest BCUT2D eigenvalue weighted by Gasteiger charge is 2.04. The maximum atomic E-state index is 4.73. The van der Waals surface area contributed by atoms with Crippen molar-refractivity contribution < 1.29 is 0 Å². The fourth-order valence-corrected chi connectivity index (χ4v) is 2.37. The summed E-state index contributed by atoms with van der Waals surface area (Å²) in [6.45, 7) is 4.22. The second-order valence-corrected chi connectivity index (χ2v) is 5.00. The predicted octanol–water partition coefficient (Wildman–Crippen LogP) is 4.43. The van der Waals surface area contributed by atoms with Crippen molar-refractivity contribution in [2.75, 3.05) is 0 Å². The van der Waals surface area contributed by atoms with Crippen molar-refractivity contribution in [3.63, 3.8) is 0 Å². The first kappa shape index (κ1) is 12.5. The molecule has 0 aliphatic carbocycles. The zero-order valence-corrected chi connectivity index (χ0v) is 11.7. The average molecular weight is 260 g/mol. The van der Waals surface area contributed by atoms with Crippen LogP contribution in [-0.4, -0.2) is 9.97 Å². The third-order valence-electron chi connectivity index (χ3n) is 3.19. The highest BCUT2D eigenvalue weighted by Crippen LogP contribution is 2.23. The summed E-state index contributed by atoms with van der Waals surface area (Å²) >= 11 is 0. The zero-order valence-electron chi connectivity index (χ0n) is 11.7. The molecular formula is C18H16N2. The normalized spacial score (nSPS) is 10.5. The molecule has 0 spiro atoms. The molecule has 0 unspecified atom stereocenters. The van der Waals surface area contributed by atoms with Crippen LogP contribution in [0.4, 0.5) is 0 Å². The van der Waals surface area contributed by atoms with Gasteiger partial charge in [-0.15, -0.1) is 0 Å². The molecule has 0 N–H and O–H groups in total. The Balaban J connectivity index is 2.07. The van der Waals surface area contributed by atoms with Crippen LogP contribution in [0.25, 0.3) is 22.6 Å². The molecule has 0 aliphatic rings. The molecule has 20 heavy (non-hydrogen) atoms. The van der Waals surface area contributed by atoms with Gasteiger partial charge in [-0.05, 0) is 50.2 Å². The van der Waals surface area contributed by atoms with Crippen LogP contribution in [0, 0.1) is 13.8 Å². The van der Waals surface area contributed by atoms with Gasteiger partial charge in [-0.3, -0.25) is 4.98 Å². The number of pyridine rings is 2. The van der Waals surface area contributed by atoms with E-state index in [-0.39, 0.29) is 0 Å². The van der Waals surface area contributed by atoms with Gasteiger partial charge < -0.3 is 0 Å². The van der Waals surface area contributed by atoms with Gasteiger partial charge in [0.25, 0.3) is 0 Å².